The molecule has 0 heterocycles. The van der Waals surface area contributed by atoms with E-state index in [-0.39, 0.29) is 10.6 Å². The maximum Gasteiger partial charge on any atom is 0.337 e. The molecule has 0 radical (unpaired) electrons. The minimum absolute atomic E-state index is 0.179. The maximum atomic E-state index is 11.9. The lowest BCUT2D eigenvalue weighted by Gasteiger charge is -2.16. The predicted octanol–water partition coefficient (Wildman–Crippen LogP) is 6.09. The molecule has 0 aliphatic heterocycles. The Kier molecular flexibility index (Phi) is 2.60. The molecule has 0 spiro atoms. The van der Waals surface area contributed by atoms with Gasteiger partial charge in [0.1, 0.15) is 0 Å². The third kappa shape index (κ3) is 1.58. The third-order valence-electron chi connectivity index (χ3n) is 4.80. The fourth-order valence-electron chi connectivity index (χ4n) is 3.90. The number of hydrogen-bond donors (Lipinski definition) is 1. The molecule has 114 valence electrons. The lowest BCUT2D eigenvalue weighted by Crippen LogP contribution is -2.01. The van der Waals surface area contributed by atoms with Gasteiger partial charge in [0.05, 0.1) is 10.6 Å². The fraction of sp³-hybridized carbons (Fsp3) is 0. The second kappa shape index (κ2) is 4.59. The maximum absolute atomic E-state index is 11.9. The van der Waals surface area contributed by atoms with Gasteiger partial charge in [-0.25, -0.2) is 4.79 Å². The van der Waals surface area contributed by atoms with Crippen LogP contribution in [0.15, 0.2) is 60.7 Å². The van der Waals surface area contributed by atoms with Crippen molar-refractivity contribution in [2.24, 2.45) is 0 Å². The van der Waals surface area contributed by atoms with Crippen LogP contribution >= 0.6 is 11.6 Å². The van der Waals surface area contributed by atoms with E-state index >= 15 is 0 Å². The zero-order valence-corrected chi connectivity index (χ0v) is 13.3. The van der Waals surface area contributed by atoms with Crippen molar-refractivity contribution < 1.29 is 9.90 Å². The molecule has 5 rings (SSSR count). The van der Waals surface area contributed by atoms with Crippen LogP contribution in [0.3, 0.4) is 0 Å². The van der Waals surface area contributed by atoms with Crippen LogP contribution in [0.5, 0.6) is 0 Å². The highest BCUT2D eigenvalue weighted by Gasteiger charge is 2.20. The molecule has 3 heteroatoms. The van der Waals surface area contributed by atoms with Crippen molar-refractivity contribution in [1.29, 1.82) is 0 Å². The van der Waals surface area contributed by atoms with E-state index in [1.807, 2.05) is 30.3 Å². The Labute approximate surface area is 142 Å². The number of rotatable bonds is 1. The summed E-state index contributed by atoms with van der Waals surface area (Å²) >= 11 is 6.34. The number of benzene rings is 5. The Balaban J connectivity index is 2.29. The van der Waals surface area contributed by atoms with Crippen LogP contribution in [0.4, 0.5) is 0 Å². The van der Waals surface area contributed by atoms with Gasteiger partial charge in [-0.2, -0.15) is 0 Å². The molecule has 0 amide bonds. The molecular formula is C21H11ClO2. The first-order valence-corrected chi connectivity index (χ1v) is 8.05. The van der Waals surface area contributed by atoms with Crippen LogP contribution in [0.25, 0.3) is 43.1 Å². The van der Waals surface area contributed by atoms with E-state index in [9.17, 15) is 9.90 Å². The summed E-state index contributed by atoms with van der Waals surface area (Å²) in [4.78, 5) is 11.9. The van der Waals surface area contributed by atoms with Gasteiger partial charge in [-0.15, -0.1) is 0 Å². The van der Waals surface area contributed by atoms with Gasteiger partial charge in [0.2, 0.25) is 0 Å². The first-order chi connectivity index (χ1) is 11.7. The van der Waals surface area contributed by atoms with E-state index in [2.05, 4.69) is 24.3 Å². The average Bonchev–Trinajstić information content (AvgIpc) is 2.58. The molecule has 0 aromatic heterocycles. The minimum Gasteiger partial charge on any atom is -0.478 e. The quantitative estimate of drug-likeness (QED) is 0.298. The normalized spacial score (nSPS) is 11.9. The fourth-order valence-corrected chi connectivity index (χ4v) is 4.19. The SMILES string of the molecule is O=C(O)c1c(Cl)cc2cccc3c4cccc5cccc(c1c23)c54. The Hall–Kier alpha value is -2.84. The zero-order chi connectivity index (χ0) is 16.4. The van der Waals surface area contributed by atoms with Gasteiger partial charge >= 0.3 is 5.97 Å². The summed E-state index contributed by atoms with van der Waals surface area (Å²) in [7, 11) is 0. The molecule has 0 unspecified atom stereocenters. The largest absolute Gasteiger partial charge is 0.478 e. The third-order valence-corrected chi connectivity index (χ3v) is 5.09. The highest BCUT2D eigenvalue weighted by atomic mass is 35.5. The topological polar surface area (TPSA) is 37.3 Å². The highest BCUT2D eigenvalue weighted by Crippen LogP contribution is 2.43. The van der Waals surface area contributed by atoms with E-state index in [0.717, 1.165) is 43.1 Å². The van der Waals surface area contributed by atoms with E-state index in [0.29, 0.717) is 0 Å². The molecule has 2 nitrogen and oxygen atoms in total. The number of fused-ring (bicyclic) bond motifs is 2. The van der Waals surface area contributed by atoms with Crippen molar-refractivity contribution in [2.75, 3.05) is 0 Å². The summed E-state index contributed by atoms with van der Waals surface area (Å²) in [6.07, 6.45) is 0. The monoisotopic (exact) mass is 330 g/mol. The van der Waals surface area contributed by atoms with Gasteiger partial charge in [0.15, 0.2) is 0 Å². The van der Waals surface area contributed by atoms with Crippen molar-refractivity contribution in [1.82, 2.24) is 0 Å². The minimum atomic E-state index is -0.997. The van der Waals surface area contributed by atoms with Crippen molar-refractivity contribution >= 4 is 60.7 Å². The summed E-state index contributed by atoms with van der Waals surface area (Å²) in [5.41, 5.74) is 0.179. The van der Waals surface area contributed by atoms with Crippen LogP contribution in [-0.4, -0.2) is 11.1 Å². The van der Waals surface area contributed by atoms with Crippen molar-refractivity contribution in [3.05, 3.63) is 71.2 Å². The molecular weight excluding hydrogens is 320 g/mol. The summed E-state index contributed by atoms with van der Waals surface area (Å²) in [6, 6.07) is 20.0. The molecule has 0 bridgehead atoms. The number of carboxylic acids is 1. The number of carbonyl (C=O) groups is 1. The molecule has 0 saturated heterocycles. The second-order valence-electron chi connectivity index (χ2n) is 6.03. The molecule has 5 aromatic rings. The standard InChI is InChI=1S/C21H11ClO2/c22-16-10-12-6-3-8-14-13-7-1-4-11-5-2-9-15(17(11)13)19(18(12)14)20(16)21(23)24/h1-10H,(H,23,24). The number of aromatic carboxylic acids is 1. The van der Waals surface area contributed by atoms with Crippen molar-refractivity contribution in [3.8, 4) is 0 Å². The lowest BCUT2D eigenvalue weighted by atomic mass is 9.88. The molecule has 5 aromatic carbocycles. The zero-order valence-electron chi connectivity index (χ0n) is 12.5. The van der Waals surface area contributed by atoms with Gasteiger partial charge in [0, 0.05) is 5.39 Å². The summed E-state index contributed by atoms with van der Waals surface area (Å²) < 4.78 is 0. The van der Waals surface area contributed by atoms with Gasteiger partial charge < -0.3 is 5.11 Å². The van der Waals surface area contributed by atoms with E-state index in [1.54, 1.807) is 6.07 Å². The summed E-state index contributed by atoms with van der Waals surface area (Å²) in [5, 5.41) is 18.0. The summed E-state index contributed by atoms with van der Waals surface area (Å²) in [5.74, 6) is -0.997. The molecule has 24 heavy (non-hydrogen) atoms. The molecule has 0 fully saturated rings. The number of halogens is 1. The van der Waals surface area contributed by atoms with Crippen molar-refractivity contribution in [2.45, 2.75) is 0 Å². The van der Waals surface area contributed by atoms with E-state index < -0.39 is 5.97 Å². The van der Waals surface area contributed by atoms with E-state index in [1.165, 1.54) is 0 Å². The number of carboxylic acid groups (broad SMARTS) is 1. The van der Waals surface area contributed by atoms with Crippen LogP contribution in [0.2, 0.25) is 5.02 Å². The molecule has 0 atom stereocenters. The Bertz CT molecular complexity index is 1280. The molecule has 0 aliphatic rings. The van der Waals surface area contributed by atoms with Gasteiger partial charge in [-0.05, 0) is 43.8 Å². The Morgan fingerprint density at radius 2 is 1.33 bits per heavy atom. The second-order valence-corrected chi connectivity index (χ2v) is 6.43. The van der Waals surface area contributed by atoms with E-state index in [4.69, 9.17) is 11.6 Å². The van der Waals surface area contributed by atoms with Crippen LogP contribution in [0, 0.1) is 0 Å². The summed E-state index contributed by atoms with van der Waals surface area (Å²) in [6.45, 7) is 0. The molecule has 0 saturated carbocycles. The predicted molar refractivity (Wildman–Crippen MR) is 99.6 cm³/mol. The van der Waals surface area contributed by atoms with Crippen LogP contribution in [0.1, 0.15) is 10.4 Å². The Morgan fingerprint density at radius 1 is 0.750 bits per heavy atom. The first kappa shape index (κ1) is 13.6. The first-order valence-electron chi connectivity index (χ1n) is 7.68. The smallest absolute Gasteiger partial charge is 0.337 e. The highest BCUT2D eigenvalue weighted by molar-refractivity contribution is 6.41. The molecule has 1 N–H and O–H groups in total. The van der Waals surface area contributed by atoms with Gasteiger partial charge in [-0.3, -0.25) is 0 Å². The average molecular weight is 331 g/mol. The Morgan fingerprint density at radius 3 is 2.00 bits per heavy atom. The van der Waals surface area contributed by atoms with Gasteiger partial charge in [0.25, 0.3) is 0 Å². The lowest BCUT2D eigenvalue weighted by molar-refractivity contribution is 0.0699. The van der Waals surface area contributed by atoms with Gasteiger partial charge in [-0.1, -0.05) is 66.2 Å². The van der Waals surface area contributed by atoms with Crippen LogP contribution < -0.4 is 0 Å². The number of hydrogen-bond acceptors (Lipinski definition) is 1. The van der Waals surface area contributed by atoms with Crippen molar-refractivity contribution in [3.63, 3.8) is 0 Å². The molecule has 0 aliphatic carbocycles. The van der Waals surface area contributed by atoms with Crippen LogP contribution in [-0.2, 0) is 0 Å².